The van der Waals surface area contributed by atoms with Crippen molar-refractivity contribution in [3.8, 4) is 0 Å². The lowest BCUT2D eigenvalue weighted by atomic mass is 10.2. The van der Waals surface area contributed by atoms with Gasteiger partial charge in [-0.1, -0.05) is 6.07 Å². The minimum absolute atomic E-state index is 0.0968. The molecule has 0 bridgehead atoms. The number of nitrogens with zero attached hydrogens (tertiary/aromatic N) is 3. The van der Waals surface area contributed by atoms with E-state index in [1.54, 1.807) is 6.07 Å². The van der Waals surface area contributed by atoms with Crippen LogP contribution in [0.15, 0.2) is 22.9 Å². The molecule has 1 aliphatic rings. The third-order valence-corrected chi connectivity index (χ3v) is 5.38. The van der Waals surface area contributed by atoms with Crippen LogP contribution in [-0.4, -0.2) is 59.8 Å². The number of nitrogens with one attached hydrogen (secondary N) is 1. The second-order valence-electron chi connectivity index (χ2n) is 5.44. The van der Waals surface area contributed by atoms with E-state index in [-0.39, 0.29) is 18.2 Å². The summed E-state index contributed by atoms with van der Waals surface area (Å²) in [6.07, 6.45) is 0.287. The third kappa shape index (κ3) is 4.15. The average Bonchev–Trinajstić information content (AvgIpc) is 3.19. The van der Waals surface area contributed by atoms with Crippen LogP contribution in [-0.2, 0) is 11.2 Å². The van der Waals surface area contributed by atoms with E-state index >= 15 is 0 Å². The second kappa shape index (κ2) is 7.20. The molecular formula is C15H18N4O2S2. The van der Waals surface area contributed by atoms with Crippen LogP contribution >= 0.6 is 22.7 Å². The Labute approximate surface area is 142 Å². The standard InChI is InChI=1S/C15H18N4O2S2/c1-18-4-6-19(7-5-18)13(20)9-11-10-23-15(16-11)17-14(21)12-3-2-8-22-12/h2-3,8,10H,4-7,9H2,1H3,(H,16,17,21). The van der Waals surface area contributed by atoms with Crippen LogP contribution in [0, 0.1) is 0 Å². The molecule has 0 saturated carbocycles. The van der Waals surface area contributed by atoms with E-state index < -0.39 is 0 Å². The van der Waals surface area contributed by atoms with Crippen LogP contribution in [0.25, 0.3) is 0 Å². The van der Waals surface area contributed by atoms with Gasteiger partial charge in [0, 0.05) is 31.6 Å². The zero-order chi connectivity index (χ0) is 16.2. The normalized spacial score (nSPS) is 15.6. The monoisotopic (exact) mass is 350 g/mol. The zero-order valence-corrected chi connectivity index (χ0v) is 14.5. The molecule has 1 aliphatic heterocycles. The topological polar surface area (TPSA) is 65.5 Å². The Hall–Kier alpha value is -1.77. The predicted molar refractivity (Wildman–Crippen MR) is 92.2 cm³/mol. The maximum Gasteiger partial charge on any atom is 0.267 e. The number of hydrogen-bond acceptors (Lipinski definition) is 6. The summed E-state index contributed by atoms with van der Waals surface area (Å²) in [6, 6.07) is 3.60. The molecule has 1 N–H and O–H groups in total. The van der Waals surface area contributed by atoms with Crippen LogP contribution in [0.3, 0.4) is 0 Å². The maximum absolute atomic E-state index is 12.3. The number of piperazine rings is 1. The van der Waals surface area contributed by atoms with Gasteiger partial charge in [-0.2, -0.15) is 0 Å². The van der Waals surface area contributed by atoms with Gasteiger partial charge in [0.1, 0.15) is 0 Å². The molecule has 1 saturated heterocycles. The van der Waals surface area contributed by atoms with E-state index in [2.05, 4.69) is 22.2 Å². The Bertz CT molecular complexity index is 675. The van der Waals surface area contributed by atoms with E-state index in [1.807, 2.05) is 21.7 Å². The maximum atomic E-state index is 12.3. The van der Waals surface area contributed by atoms with Crippen LogP contribution < -0.4 is 5.32 Å². The van der Waals surface area contributed by atoms with E-state index in [1.165, 1.54) is 22.7 Å². The molecule has 3 heterocycles. The molecule has 6 nitrogen and oxygen atoms in total. The van der Waals surface area contributed by atoms with Gasteiger partial charge >= 0.3 is 0 Å². The van der Waals surface area contributed by atoms with Crippen molar-refractivity contribution in [2.45, 2.75) is 6.42 Å². The third-order valence-electron chi connectivity index (χ3n) is 3.71. The Kier molecular flexibility index (Phi) is 5.04. The lowest BCUT2D eigenvalue weighted by molar-refractivity contribution is -0.132. The van der Waals surface area contributed by atoms with Crippen LogP contribution in [0.2, 0.25) is 0 Å². The van der Waals surface area contributed by atoms with E-state index in [0.717, 1.165) is 26.2 Å². The molecular weight excluding hydrogens is 332 g/mol. The second-order valence-corrected chi connectivity index (χ2v) is 7.24. The summed E-state index contributed by atoms with van der Waals surface area (Å²) in [4.78, 5) is 33.3. The lowest BCUT2D eigenvalue weighted by Crippen LogP contribution is -2.47. The summed E-state index contributed by atoms with van der Waals surface area (Å²) in [7, 11) is 2.06. The van der Waals surface area contributed by atoms with Gasteiger partial charge in [0.25, 0.3) is 5.91 Å². The van der Waals surface area contributed by atoms with Crippen LogP contribution in [0.4, 0.5) is 5.13 Å². The van der Waals surface area contributed by atoms with Crippen molar-refractivity contribution in [1.82, 2.24) is 14.8 Å². The fourth-order valence-electron chi connectivity index (χ4n) is 2.33. The molecule has 122 valence electrons. The van der Waals surface area contributed by atoms with Gasteiger partial charge in [-0.25, -0.2) is 4.98 Å². The van der Waals surface area contributed by atoms with Crippen molar-refractivity contribution >= 4 is 39.6 Å². The molecule has 8 heteroatoms. The first kappa shape index (κ1) is 16.1. The summed E-state index contributed by atoms with van der Waals surface area (Å²) < 4.78 is 0. The van der Waals surface area contributed by atoms with Crippen molar-refractivity contribution in [1.29, 1.82) is 0 Å². The SMILES string of the molecule is CN1CCN(C(=O)Cc2csc(NC(=O)c3cccs3)n2)CC1. The largest absolute Gasteiger partial charge is 0.340 e. The van der Waals surface area contributed by atoms with Crippen molar-refractivity contribution in [2.75, 3.05) is 38.5 Å². The molecule has 0 aromatic carbocycles. The van der Waals surface area contributed by atoms with Gasteiger partial charge in [-0.3, -0.25) is 14.9 Å². The molecule has 0 radical (unpaired) electrons. The Balaban J connectivity index is 1.55. The molecule has 3 rings (SSSR count). The summed E-state index contributed by atoms with van der Waals surface area (Å²) in [5.41, 5.74) is 0.709. The number of thiazole rings is 1. The number of thiophene rings is 1. The van der Waals surface area contributed by atoms with Crippen molar-refractivity contribution in [3.05, 3.63) is 33.5 Å². The highest BCUT2D eigenvalue weighted by molar-refractivity contribution is 7.14. The van der Waals surface area contributed by atoms with Crippen LogP contribution in [0.1, 0.15) is 15.4 Å². The van der Waals surface area contributed by atoms with E-state index in [4.69, 9.17) is 0 Å². The fourth-order valence-corrected chi connectivity index (χ4v) is 3.66. The summed E-state index contributed by atoms with van der Waals surface area (Å²) in [6.45, 7) is 3.35. The van der Waals surface area contributed by atoms with Crippen LogP contribution in [0.5, 0.6) is 0 Å². The number of anilines is 1. The van der Waals surface area contributed by atoms with Crippen molar-refractivity contribution in [3.63, 3.8) is 0 Å². The highest BCUT2D eigenvalue weighted by Crippen LogP contribution is 2.19. The van der Waals surface area contributed by atoms with Gasteiger partial charge in [0.2, 0.25) is 5.91 Å². The first-order chi connectivity index (χ1) is 11.1. The van der Waals surface area contributed by atoms with E-state index in [0.29, 0.717) is 15.7 Å². The summed E-state index contributed by atoms with van der Waals surface area (Å²) in [5, 5.41) is 6.99. The molecule has 0 atom stereocenters. The number of hydrogen-bond donors (Lipinski definition) is 1. The number of rotatable bonds is 4. The molecule has 2 aromatic heterocycles. The average molecular weight is 350 g/mol. The first-order valence-electron chi connectivity index (χ1n) is 7.37. The quantitative estimate of drug-likeness (QED) is 0.913. The van der Waals surface area contributed by atoms with Gasteiger partial charge in [-0.05, 0) is 18.5 Å². The van der Waals surface area contributed by atoms with Gasteiger partial charge in [-0.15, -0.1) is 22.7 Å². The summed E-state index contributed by atoms with van der Waals surface area (Å²) >= 11 is 2.73. The summed E-state index contributed by atoms with van der Waals surface area (Å²) in [5.74, 6) is -0.0640. The number of likely N-dealkylation sites (N-methyl/N-ethyl adjacent to an activating group) is 1. The Morgan fingerprint density at radius 3 is 2.74 bits per heavy atom. The molecule has 2 amide bonds. The Morgan fingerprint density at radius 2 is 2.04 bits per heavy atom. The van der Waals surface area contributed by atoms with Gasteiger partial charge in [0.15, 0.2) is 5.13 Å². The zero-order valence-electron chi connectivity index (χ0n) is 12.8. The molecule has 0 aliphatic carbocycles. The fraction of sp³-hybridized carbons (Fsp3) is 0.400. The van der Waals surface area contributed by atoms with Gasteiger partial charge < -0.3 is 9.80 Å². The number of amides is 2. The molecule has 2 aromatic rings. The number of aromatic nitrogens is 1. The van der Waals surface area contributed by atoms with Gasteiger partial charge in [0.05, 0.1) is 17.0 Å². The smallest absolute Gasteiger partial charge is 0.267 e. The van der Waals surface area contributed by atoms with Crippen molar-refractivity contribution < 1.29 is 9.59 Å². The molecule has 1 fully saturated rings. The molecule has 0 unspecified atom stereocenters. The predicted octanol–water partition coefficient (Wildman–Crippen LogP) is 1.77. The van der Waals surface area contributed by atoms with Crippen molar-refractivity contribution in [2.24, 2.45) is 0 Å². The Morgan fingerprint density at radius 1 is 1.26 bits per heavy atom. The minimum atomic E-state index is -0.161. The molecule has 23 heavy (non-hydrogen) atoms. The minimum Gasteiger partial charge on any atom is -0.340 e. The lowest BCUT2D eigenvalue weighted by Gasteiger charge is -2.32. The number of carbonyl (C=O) groups is 2. The first-order valence-corrected chi connectivity index (χ1v) is 9.13. The molecule has 0 spiro atoms. The number of carbonyl (C=O) groups excluding carboxylic acids is 2. The van der Waals surface area contributed by atoms with E-state index in [9.17, 15) is 9.59 Å². The highest BCUT2D eigenvalue weighted by Gasteiger charge is 2.20. The highest BCUT2D eigenvalue weighted by atomic mass is 32.1.